The summed E-state index contributed by atoms with van der Waals surface area (Å²) >= 11 is 0. The molecule has 0 aromatic carbocycles. The van der Waals surface area contributed by atoms with Crippen LogP contribution in [-0.4, -0.2) is 11.9 Å². The van der Waals surface area contributed by atoms with Gasteiger partial charge in [0.25, 0.3) is 5.92 Å². The Morgan fingerprint density at radius 3 is 2.11 bits per heavy atom. The van der Waals surface area contributed by atoms with Gasteiger partial charge in [-0.3, -0.25) is 0 Å². The van der Waals surface area contributed by atoms with Crippen molar-refractivity contribution in [3.63, 3.8) is 0 Å². The molecule has 0 unspecified atom stereocenters. The minimum absolute atomic E-state index is 0.457. The van der Waals surface area contributed by atoms with Crippen LogP contribution in [0.25, 0.3) is 0 Å². The quantitative estimate of drug-likeness (QED) is 0.578. The maximum Gasteiger partial charge on any atom is 0.361 e. The van der Waals surface area contributed by atoms with Crippen LogP contribution >= 0.6 is 0 Å². The van der Waals surface area contributed by atoms with Crippen molar-refractivity contribution in [1.29, 1.82) is 0 Å². The lowest BCUT2D eigenvalue weighted by Crippen LogP contribution is -2.18. The third-order valence-electron chi connectivity index (χ3n) is 0.920. The molecule has 2 nitrogen and oxygen atoms in total. The van der Waals surface area contributed by atoms with Crippen LogP contribution in [0, 0.1) is 0 Å². The number of carbonyl (C=O) groups is 1. The van der Waals surface area contributed by atoms with Crippen LogP contribution < -0.4 is 0 Å². The van der Waals surface area contributed by atoms with Gasteiger partial charge in [0.1, 0.15) is 6.42 Å². The third-order valence-corrected chi connectivity index (χ3v) is 0.920. The molecule has 0 fully saturated rings. The summed E-state index contributed by atoms with van der Waals surface area (Å²) in [5.41, 5.74) is 0. The molecule has 0 aliphatic heterocycles. The molecule has 0 aromatic rings. The molecule has 4 heteroatoms. The molecule has 0 aliphatic carbocycles. The van der Waals surface area contributed by atoms with Crippen LogP contribution in [0.2, 0.25) is 0 Å². The Bertz CT molecular complexity index is 112. The fourth-order valence-electron chi connectivity index (χ4n) is 0.336. The van der Waals surface area contributed by atoms with Gasteiger partial charge in [-0.05, 0) is 0 Å². The van der Waals surface area contributed by atoms with Gasteiger partial charge in [0.05, 0.1) is 0 Å². The van der Waals surface area contributed by atoms with Crippen LogP contribution in [0.5, 0.6) is 0 Å². The van der Waals surface area contributed by atoms with Crippen molar-refractivity contribution in [2.45, 2.75) is 25.7 Å². The Hall–Kier alpha value is -0.670. The van der Waals surface area contributed by atoms with Crippen molar-refractivity contribution in [3.05, 3.63) is 0 Å². The van der Waals surface area contributed by atoms with E-state index < -0.39 is 24.7 Å². The summed E-state index contributed by atoms with van der Waals surface area (Å²) in [5.74, 6) is -4.80. The molecule has 1 radical (unpaired) electrons. The van der Waals surface area contributed by atoms with E-state index in [9.17, 15) is 18.7 Å². The highest BCUT2D eigenvalue weighted by atomic mass is 19.3. The number of hydrogen-bond acceptors (Lipinski definition) is 1. The molecule has 0 saturated carbocycles. The van der Waals surface area contributed by atoms with Crippen LogP contribution in [0.15, 0.2) is 0 Å². The Labute approximate surface area is 51.5 Å². The minimum Gasteiger partial charge on any atom is -0.247 e. The number of rotatable bonds is 3. The molecule has 53 valence electrons. The highest BCUT2D eigenvalue weighted by Crippen LogP contribution is 2.21. The Balaban J connectivity index is 3.71. The van der Waals surface area contributed by atoms with E-state index in [1.54, 1.807) is 0 Å². The number of hydrogen-bond donors (Lipinski definition) is 0. The monoisotopic (exact) mass is 137 g/mol. The van der Waals surface area contributed by atoms with E-state index >= 15 is 0 Å². The normalized spacial score (nSPS) is 11.4. The first-order chi connectivity index (χ1) is 3.98. The van der Waals surface area contributed by atoms with Gasteiger partial charge in [-0.15, -0.1) is 0 Å². The lowest BCUT2D eigenvalue weighted by molar-refractivity contribution is -0.151. The molecule has 0 heterocycles. The van der Waals surface area contributed by atoms with E-state index in [2.05, 4.69) is 0 Å². The summed E-state index contributed by atoms with van der Waals surface area (Å²) in [4.78, 5) is 9.58. The van der Waals surface area contributed by atoms with Gasteiger partial charge in [-0.1, -0.05) is 6.92 Å². The highest BCUT2D eigenvalue weighted by molar-refractivity contribution is 5.67. The second kappa shape index (κ2) is 2.75. The van der Waals surface area contributed by atoms with E-state index in [0.29, 0.717) is 0 Å². The molecule has 0 amide bonds. The van der Waals surface area contributed by atoms with Crippen molar-refractivity contribution in [2.24, 2.45) is 0 Å². The van der Waals surface area contributed by atoms with Gasteiger partial charge in [0.15, 0.2) is 0 Å². The van der Waals surface area contributed by atoms with E-state index in [0.717, 1.165) is 0 Å². The molecule has 0 N–H and O–H groups in total. The predicted molar refractivity (Wildman–Crippen MR) is 25.5 cm³/mol. The zero-order chi connectivity index (χ0) is 7.49. The van der Waals surface area contributed by atoms with Crippen LogP contribution in [-0.2, 0) is 9.90 Å². The van der Waals surface area contributed by atoms with E-state index in [1.807, 2.05) is 0 Å². The van der Waals surface area contributed by atoms with Crippen LogP contribution in [0.4, 0.5) is 8.78 Å². The van der Waals surface area contributed by atoms with Gasteiger partial charge < -0.3 is 0 Å². The number of alkyl halides is 2. The second-order valence-corrected chi connectivity index (χ2v) is 1.76. The van der Waals surface area contributed by atoms with Crippen molar-refractivity contribution < 1.29 is 18.7 Å². The number of carbonyl (C=O) groups excluding carboxylic acids is 1. The summed E-state index contributed by atoms with van der Waals surface area (Å²) in [6.45, 7) is 1.23. The predicted octanol–water partition coefficient (Wildman–Crippen LogP) is 1.38. The molecular weight excluding hydrogens is 130 g/mol. The first-order valence-electron chi connectivity index (χ1n) is 2.55. The molecule has 9 heavy (non-hydrogen) atoms. The summed E-state index contributed by atoms with van der Waals surface area (Å²) in [6, 6.07) is 0. The fourth-order valence-corrected chi connectivity index (χ4v) is 0.336. The van der Waals surface area contributed by atoms with E-state index in [1.165, 1.54) is 6.92 Å². The van der Waals surface area contributed by atoms with Gasteiger partial charge in [-0.25, -0.2) is 18.7 Å². The first-order valence-corrected chi connectivity index (χ1v) is 2.55. The topological polar surface area (TPSA) is 37.0 Å². The van der Waals surface area contributed by atoms with Crippen molar-refractivity contribution in [3.8, 4) is 0 Å². The second-order valence-electron chi connectivity index (χ2n) is 1.76. The number of halogens is 2. The van der Waals surface area contributed by atoms with E-state index in [-0.39, 0.29) is 0 Å². The zero-order valence-electron chi connectivity index (χ0n) is 4.99. The molecule has 0 bridgehead atoms. The summed E-state index contributed by atoms with van der Waals surface area (Å²) in [5, 5.41) is 9.58. The molecule has 0 atom stereocenters. The van der Waals surface area contributed by atoms with Gasteiger partial charge in [0.2, 0.25) is 0 Å². The van der Waals surface area contributed by atoms with E-state index in [4.69, 9.17) is 0 Å². The maximum absolute atomic E-state index is 12.0. The largest absolute Gasteiger partial charge is 0.361 e. The van der Waals surface area contributed by atoms with Gasteiger partial charge in [0, 0.05) is 6.42 Å². The van der Waals surface area contributed by atoms with Crippen molar-refractivity contribution >= 4 is 5.97 Å². The maximum atomic E-state index is 12.0. The molecule has 0 saturated heterocycles. The third kappa shape index (κ3) is 3.88. The van der Waals surface area contributed by atoms with Gasteiger partial charge >= 0.3 is 5.97 Å². The van der Waals surface area contributed by atoms with Crippen molar-refractivity contribution in [1.82, 2.24) is 0 Å². The lowest BCUT2D eigenvalue weighted by atomic mass is 10.2. The Morgan fingerprint density at radius 1 is 1.56 bits per heavy atom. The average Bonchev–Trinajstić information content (AvgIpc) is 1.63. The fraction of sp³-hybridized carbons (Fsp3) is 0.800. The van der Waals surface area contributed by atoms with Gasteiger partial charge in [-0.2, -0.15) is 0 Å². The smallest absolute Gasteiger partial charge is 0.247 e. The molecule has 0 spiro atoms. The highest BCUT2D eigenvalue weighted by Gasteiger charge is 2.30. The summed E-state index contributed by atoms with van der Waals surface area (Å²) < 4.78 is 24.0. The Kier molecular flexibility index (Phi) is 2.55. The Morgan fingerprint density at radius 2 is 2.00 bits per heavy atom. The average molecular weight is 137 g/mol. The van der Waals surface area contributed by atoms with Crippen LogP contribution in [0.1, 0.15) is 19.8 Å². The lowest BCUT2D eigenvalue weighted by Gasteiger charge is -2.07. The molecular formula is C5H7F2O2. The molecule has 0 rings (SSSR count). The first kappa shape index (κ1) is 8.33. The standard InChI is InChI=1S/C5H7F2O2/c1-2-5(6,7)3-4(8)9/h2-3H2,1H3. The SMILES string of the molecule is CCC(F)(F)CC([O])=O. The molecule has 0 aromatic heterocycles. The minimum atomic E-state index is -3.10. The van der Waals surface area contributed by atoms with Crippen molar-refractivity contribution in [2.75, 3.05) is 0 Å². The summed E-state index contributed by atoms with van der Waals surface area (Å²) in [6.07, 6.45) is -1.63. The summed E-state index contributed by atoms with van der Waals surface area (Å²) in [7, 11) is 0. The van der Waals surface area contributed by atoms with Crippen LogP contribution in [0.3, 0.4) is 0 Å². The molecule has 0 aliphatic rings. The zero-order valence-corrected chi connectivity index (χ0v) is 4.99.